The number of hydrogen-bond acceptors (Lipinski definition) is 2. The number of aromatic nitrogens is 1. The molecule has 3 aliphatic rings. The fourth-order valence-corrected chi connectivity index (χ4v) is 5.77. The van der Waals surface area contributed by atoms with E-state index in [0.717, 1.165) is 45.1 Å². The van der Waals surface area contributed by atoms with Crippen molar-refractivity contribution in [2.45, 2.75) is 27.7 Å². The predicted octanol–water partition coefficient (Wildman–Crippen LogP) is 6.29. The van der Waals surface area contributed by atoms with Crippen molar-refractivity contribution in [3.05, 3.63) is 98.4 Å². The van der Waals surface area contributed by atoms with Crippen LogP contribution in [0.2, 0.25) is 5.02 Å². The van der Waals surface area contributed by atoms with Crippen LogP contribution in [0.15, 0.2) is 70.9 Å². The van der Waals surface area contributed by atoms with Crippen molar-refractivity contribution >= 4 is 41.3 Å². The third-order valence-corrected chi connectivity index (χ3v) is 7.92. The van der Waals surface area contributed by atoms with E-state index in [2.05, 4.69) is 34.9 Å². The maximum Gasteiger partial charge on any atom is 0.780 e. The Hall–Kier alpha value is -2.89. The molecule has 2 aromatic carbocycles. The first kappa shape index (κ1) is 19.8. The molecule has 4 heterocycles. The molecule has 0 radical (unpaired) electrons. The van der Waals surface area contributed by atoms with Crippen molar-refractivity contribution in [2.24, 2.45) is 0 Å². The third kappa shape index (κ3) is 2.28. The lowest BCUT2D eigenvalue weighted by Gasteiger charge is -2.39. The summed E-state index contributed by atoms with van der Waals surface area (Å²) in [5, 5.41) is 1.43. The molecule has 7 heteroatoms. The molecule has 160 valence electrons. The van der Waals surface area contributed by atoms with Crippen LogP contribution in [0.3, 0.4) is 0 Å². The number of rotatable bonds is 1. The second-order valence-electron chi connectivity index (χ2n) is 8.54. The van der Waals surface area contributed by atoms with E-state index in [0.29, 0.717) is 21.6 Å². The molecule has 1 spiro atoms. The molecule has 3 aliphatic heterocycles. The number of fused-ring (bicyclic) bond motifs is 5. The summed E-state index contributed by atoms with van der Waals surface area (Å²) >= 11 is 13.7. The van der Waals surface area contributed by atoms with Gasteiger partial charge in [-0.1, -0.05) is 65.7 Å². The summed E-state index contributed by atoms with van der Waals surface area (Å²) < 4.78 is 17.7. The third-order valence-electron chi connectivity index (χ3n) is 6.81. The van der Waals surface area contributed by atoms with E-state index in [4.69, 9.17) is 32.5 Å². The van der Waals surface area contributed by atoms with Gasteiger partial charge in [0, 0.05) is 23.9 Å². The molecule has 3 aromatic rings. The Bertz CT molecular complexity index is 1410. The van der Waals surface area contributed by atoms with Gasteiger partial charge in [0.1, 0.15) is 16.5 Å². The van der Waals surface area contributed by atoms with E-state index in [9.17, 15) is 0 Å². The van der Waals surface area contributed by atoms with Crippen LogP contribution in [0.4, 0.5) is 0 Å². The molecular formula is C25H21BCl2N2O2. The Balaban J connectivity index is 1.79. The van der Waals surface area contributed by atoms with Gasteiger partial charge in [0.2, 0.25) is 0 Å². The lowest BCUT2D eigenvalue weighted by molar-refractivity contribution is -0.369. The fraction of sp³-hybridized carbons (Fsp3) is 0.160. The van der Waals surface area contributed by atoms with Crippen molar-refractivity contribution in [3.63, 3.8) is 0 Å². The molecule has 0 aliphatic carbocycles. The van der Waals surface area contributed by atoms with Gasteiger partial charge in [-0.2, -0.15) is 0 Å². The first-order chi connectivity index (χ1) is 15.4. The van der Waals surface area contributed by atoms with Crippen LogP contribution in [0.5, 0.6) is 11.5 Å². The molecule has 0 bridgehead atoms. The number of para-hydroxylation sites is 2. The molecule has 0 saturated carbocycles. The Labute approximate surface area is 197 Å². The first-order valence-electron chi connectivity index (χ1n) is 10.7. The van der Waals surface area contributed by atoms with Gasteiger partial charge in [-0.3, -0.25) is 0 Å². The summed E-state index contributed by atoms with van der Waals surface area (Å²) in [6.45, 7) is 5.93. The summed E-state index contributed by atoms with van der Waals surface area (Å²) in [4.78, 5) is 0. The Morgan fingerprint density at radius 3 is 2.06 bits per heavy atom. The summed E-state index contributed by atoms with van der Waals surface area (Å²) in [5.74, 6) is 1.41. The molecule has 0 unspecified atom stereocenters. The average Bonchev–Trinajstić information content (AvgIpc) is 3.37. The molecule has 1 aromatic heterocycles. The number of allylic oxidation sites excluding steroid dienone is 2. The summed E-state index contributed by atoms with van der Waals surface area (Å²) in [6, 6.07) is 18.1. The molecule has 6 rings (SSSR count). The number of hydrogen-bond donors (Lipinski definition) is 0. The summed E-state index contributed by atoms with van der Waals surface area (Å²) in [6.07, 6.45) is 0. The Morgan fingerprint density at radius 1 is 0.844 bits per heavy atom. The van der Waals surface area contributed by atoms with Gasteiger partial charge in [-0.25, -0.2) is 0 Å². The molecule has 0 atom stereocenters. The van der Waals surface area contributed by atoms with Crippen LogP contribution in [0.25, 0.3) is 5.57 Å². The van der Waals surface area contributed by atoms with Crippen LogP contribution in [0, 0.1) is 13.8 Å². The predicted molar refractivity (Wildman–Crippen MR) is 130 cm³/mol. The maximum atomic E-state index is 6.86. The van der Waals surface area contributed by atoms with Crippen LogP contribution in [-0.4, -0.2) is 21.5 Å². The molecular weight excluding hydrogens is 442 g/mol. The van der Waals surface area contributed by atoms with E-state index < -0.39 is 6.82 Å². The van der Waals surface area contributed by atoms with Crippen molar-refractivity contribution in [2.75, 3.05) is 0 Å². The van der Waals surface area contributed by atoms with E-state index in [1.54, 1.807) is 0 Å². The summed E-state index contributed by atoms with van der Waals surface area (Å²) in [5.41, 5.74) is 7.93. The number of nitrogens with zero attached hydrogens (tertiary/aromatic N) is 2. The topological polar surface area (TPSA) is 26.4 Å². The maximum absolute atomic E-state index is 6.86. The minimum atomic E-state index is -2.20. The standard InChI is InChI=1S/C25H21BCl2N2O2/c1-14-22(27)16(3)29-24(14)21(18-10-6-5-7-11-18)25-15(2)23(28)17(4)30(25)26(29)31-19-12-8-9-13-20(19)32-26/h5-13H,1-4H3. The monoisotopic (exact) mass is 462 g/mol. The molecule has 0 saturated heterocycles. The SMILES string of the molecule is CC1=C(Cl)C(C)=[N+]2C1=C(c1ccccc1)c1c(C)c(Cl)c(C)n1[B-]21Oc2ccccc2O1. The van der Waals surface area contributed by atoms with Crippen molar-refractivity contribution < 1.29 is 13.8 Å². The van der Waals surface area contributed by atoms with Crippen molar-refractivity contribution in [1.82, 2.24) is 4.48 Å². The Kier molecular flexibility index (Phi) is 4.06. The highest BCUT2D eigenvalue weighted by Gasteiger charge is 2.63. The largest absolute Gasteiger partial charge is 0.780 e. The van der Waals surface area contributed by atoms with E-state index >= 15 is 0 Å². The fourth-order valence-electron chi connectivity index (χ4n) is 5.41. The Morgan fingerprint density at radius 2 is 1.44 bits per heavy atom. The van der Waals surface area contributed by atoms with Crippen LogP contribution < -0.4 is 9.31 Å². The number of halogens is 2. The quantitative estimate of drug-likeness (QED) is 0.397. The van der Waals surface area contributed by atoms with E-state index in [-0.39, 0.29) is 0 Å². The van der Waals surface area contributed by atoms with Gasteiger partial charge in [0.25, 0.3) is 0 Å². The minimum Gasteiger partial charge on any atom is -0.599 e. The zero-order valence-electron chi connectivity index (χ0n) is 18.2. The lowest BCUT2D eigenvalue weighted by Crippen LogP contribution is -2.65. The van der Waals surface area contributed by atoms with Crippen LogP contribution in [0.1, 0.15) is 36.4 Å². The molecule has 0 amide bonds. The second-order valence-corrected chi connectivity index (χ2v) is 9.30. The summed E-state index contributed by atoms with van der Waals surface area (Å²) in [7, 11) is 0. The van der Waals surface area contributed by atoms with E-state index in [1.807, 2.05) is 56.3 Å². The van der Waals surface area contributed by atoms with Crippen LogP contribution in [-0.2, 0) is 0 Å². The van der Waals surface area contributed by atoms with Crippen molar-refractivity contribution in [1.29, 1.82) is 0 Å². The highest BCUT2D eigenvalue weighted by molar-refractivity contribution is 6.63. The molecule has 4 nitrogen and oxygen atoms in total. The average molecular weight is 463 g/mol. The van der Waals surface area contributed by atoms with Gasteiger partial charge < -0.3 is 18.3 Å². The smallest absolute Gasteiger partial charge is 0.599 e. The zero-order chi connectivity index (χ0) is 22.4. The zero-order valence-corrected chi connectivity index (χ0v) is 19.8. The molecule has 0 fully saturated rings. The van der Waals surface area contributed by atoms with Gasteiger partial charge in [0.05, 0.1) is 10.6 Å². The first-order valence-corrected chi connectivity index (χ1v) is 11.4. The van der Waals surface area contributed by atoms with Gasteiger partial charge in [-0.05, 0) is 44.0 Å². The van der Waals surface area contributed by atoms with Gasteiger partial charge in [-0.15, -0.1) is 0 Å². The van der Waals surface area contributed by atoms with Gasteiger partial charge in [0.15, 0.2) is 11.4 Å². The van der Waals surface area contributed by atoms with E-state index in [1.165, 1.54) is 0 Å². The number of benzene rings is 2. The minimum absolute atomic E-state index is 0.705. The molecule has 0 N–H and O–H groups in total. The second kappa shape index (κ2) is 6.56. The highest BCUT2D eigenvalue weighted by atomic mass is 35.5. The highest BCUT2D eigenvalue weighted by Crippen LogP contribution is 2.50. The van der Waals surface area contributed by atoms with Crippen LogP contribution >= 0.6 is 23.2 Å². The lowest BCUT2D eigenvalue weighted by atomic mass is 9.78. The van der Waals surface area contributed by atoms with Crippen molar-refractivity contribution in [3.8, 4) is 11.5 Å². The normalized spacial score (nSPS) is 18.1. The molecule has 32 heavy (non-hydrogen) atoms. The van der Waals surface area contributed by atoms with Gasteiger partial charge >= 0.3 is 6.82 Å².